The van der Waals surface area contributed by atoms with Crippen molar-refractivity contribution in [3.05, 3.63) is 42.0 Å². The highest BCUT2D eigenvalue weighted by molar-refractivity contribution is 5.84. The first kappa shape index (κ1) is 17.5. The van der Waals surface area contributed by atoms with Crippen molar-refractivity contribution < 1.29 is 22.7 Å². The molecule has 4 nitrogen and oxygen atoms in total. The fourth-order valence-electron chi connectivity index (χ4n) is 3.24. The fraction of sp³-hybridized carbons (Fsp3) is 0.389. The third kappa shape index (κ3) is 3.28. The van der Waals surface area contributed by atoms with Gasteiger partial charge in [0.15, 0.2) is 6.04 Å². The van der Waals surface area contributed by atoms with Crippen LogP contribution < -0.4 is 10.2 Å². The summed E-state index contributed by atoms with van der Waals surface area (Å²) in [6.45, 7) is 3.24. The summed E-state index contributed by atoms with van der Waals surface area (Å²) in [7, 11) is 1.54. The predicted molar refractivity (Wildman–Crippen MR) is 88.0 cm³/mol. The highest BCUT2D eigenvalue weighted by atomic mass is 19.4. The summed E-state index contributed by atoms with van der Waals surface area (Å²) in [5.41, 5.74) is 1.52. The maximum Gasteiger partial charge on any atom is 0.409 e. The third-order valence-corrected chi connectivity index (χ3v) is 4.45. The van der Waals surface area contributed by atoms with Gasteiger partial charge in [-0.05, 0) is 48.4 Å². The Labute approximate surface area is 143 Å². The van der Waals surface area contributed by atoms with Gasteiger partial charge in [0.2, 0.25) is 5.91 Å². The van der Waals surface area contributed by atoms with Gasteiger partial charge in [-0.25, -0.2) is 0 Å². The minimum absolute atomic E-state index is 0.0182. The topological polar surface area (TPSA) is 41.6 Å². The number of hydrazine groups is 1. The van der Waals surface area contributed by atoms with Crippen molar-refractivity contribution in [1.29, 1.82) is 0 Å². The molecular formula is C18H19F3N2O2. The van der Waals surface area contributed by atoms with E-state index in [1.54, 1.807) is 38.1 Å². The van der Waals surface area contributed by atoms with Crippen molar-refractivity contribution in [1.82, 2.24) is 10.4 Å². The first-order chi connectivity index (χ1) is 11.6. The van der Waals surface area contributed by atoms with E-state index in [1.807, 2.05) is 0 Å². The zero-order valence-electron chi connectivity index (χ0n) is 14.1. The van der Waals surface area contributed by atoms with E-state index in [2.05, 4.69) is 5.43 Å². The highest BCUT2D eigenvalue weighted by Crippen LogP contribution is 2.43. The maximum absolute atomic E-state index is 13.8. The van der Waals surface area contributed by atoms with E-state index in [-0.39, 0.29) is 12.0 Å². The molecule has 25 heavy (non-hydrogen) atoms. The minimum atomic E-state index is -4.53. The lowest BCUT2D eigenvalue weighted by Crippen LogP contribution is -2.51. The number of nitrogens with zero attached hydrogens (tertiary/aromatic N) is 1. The van der Waals surface area contributed by atoms with Crippen LogP contribution in [0.15, 0.2) is 36.4 Å². The molecule has 1 amide bonds. The van der Waals surface area contributed by atoms with Gasteiger partial charge in [0.25, 0.3) is 0 Å². The lowest BCUT2D eigenvalue weighted by Gasteiger charge is -2.38. The molecule has 3 rings (SSSR count). The van der Waals surface area contributed by atoms with E-state index in [0.29, 0.717) is 11.1 Å². The largest absolute Gasteiger partial charge is 0.497 e. The van der Waals surface area contributed by atoms with Crippen LogP contribution in [-0.2, 0) is 4.79 Å². The van der Waals surface area contributed by atoms with Gasteiger partial charge in [-0.3, -0.25) is 10.2 Å². The fourth-order valence-corrected chi connectivity index (χ4v) is 3.24. The minimum Gasteiger partial charge on any atom is -0.497 e. The molecule has 7 heteroatoms. The first-order valence-corrected chi connectivity index (χ1v) is 7.85. The molecule has 1 atom stereocenters. The van der Waals surface area contributed by atoms with E-state index in [0.717, 1.165) is 10.4 Å². The highest BCUT2D eigenvalue weighted by Gasteiger charge is 2.52. The number of carbonyl (C=O) groups excluding carboxylic acids is 1. The average molecular weight is 352 g/mol. The zero-order valence-corrected chi connectivity index (χ0v) is 14.1. The second-order valence-electron chi connectivity index (χ2n) is 6.81. The molecule has 0 spiro atoms. The first-order valence-electron chi connectivity index (χ1n) is 7.85. The van der Waals surface area contributed by atoms with Crippen LogP contribution in [0, 0.1) is 0 Å². The number of hydrogen-bond donors (Lipinski definition) is 1. The van der Waals surface area contributed by atoms with E-state index in [4.69, 9.17) is 4.74 Å². The molecule has 1 heterocycles. The summed E-state index contributed by atoms with van der Waals surface area (Å²) in [5, 5.41) is 2.48. The van der Waals surface area contributed by atoms with Gasteiger partial charge in [0, 0.05) is 12.0 Å². The number of halogens is 3. The lowest BCUT2D eigenvalue weighted by molar-refractivity contribution is -0.203. The molecule has 0 unspecified atom stereocenters. The molecule has 2 aromatic carbocycles. The summed E-state index contributed by atoms with van der Waals surface area (Å²) >= 11 is 0. The Morgan fingerprint density at radius 3 is 2.36 bits per heavy atom. The van der Waals surface area contributed by atoms with Crippen molar-refractivity contribution in [2.75, 3.05) is 7.11 Å². The molecule has 0 radical (unpaired) electrons. The molecule has 0 aliphatic carbocycles. The second-order valence-corrected chi connectivity index (χ2v) is 6.81. The van der Waals surface area contributed by atoms with Crippen LogP contribution in [0.4, 0.5) is 13.2 Å². The Kier molecular flexibility index (Phi) is 4.15. The van der Waals surface area contributed by atoms with E-state index in [1.165, 1.54) is 19.2 Å². The summed E-state index contributed by atoms with van der Waals surface area (Å²) in [6, 6.07) is 7.86. The van der Waals surface area contributed by atoms with E-state index < -0.39 is 23.7 Å². The predicted octanol–water partition coefficient (Wildman–Crippen LogP) is 3.97. The van der Waals surface area contributed by atoms with Crippen LogP contribution in [0.2, 0.25) is 0 Å². The Balaban J connectivity index is 2.08. The SMILES string of the molecule is COc1ccc2cc([C@H](N3NC(=O)CC3(C)C)C(F)(F)F)ccc2c1. The molecule has 1 aliphatic rings. The van der Waals surface area contributed by atoms with E-state index >= 15 is 0 Å². The molecule has 134 valence electrons. The number of ether oxygens (including phenoxy) is 1. The quantitative estimate of drug-likeness (QED) is 0.909. The summed E-state index contributed by atoms with van der Waals surface area (Å²) in [4.78, 5) is 11.7. The number of benzene rings is 2. The number of hydrogen-bond acceptors (Lipinski definition) is 3. The lowest BCUT2D eigenvalue weighted by atomic mass is 9.95. The number of methoxy groups -OCH3 is 1. The average Bonchev–Trinajstić information content (AvgIpc) is 2.78. The van der Waals surface area contributed by atoms with Crippen LogP contribution >= 0.6 is 0 Å². The molecule has 1 aliphatic heterocycles. The van der Waals surface area contributed by atoms with Crippen molar-refractivity contribution in [2.24, 2.45) is 0 Å². The van der Waals surface area contributed by atoms with Crippen LogP contribution in [0.1, 0.15) is 31.9 Å². The summed E-state index contributed by atoms with van der Waals surface area (Å²) < 4.78 is 46.6. The molecule has 0 aromatic heterocycles. The summed E-state index contributed by atoms with van der Waals surface area (Å²) in [5.74, 6) is 0.227. The molecule has 0 saturated carbocycles. The molecule has 0 bridgehead atoms. The van der Waals surface area contributed by atoms with Gasteiger partial charge < -0.3 is 4.74 Å². The Morgan fingerprint density at radius 1 is 1.16 bits per heavy atom. The van der Waals surface area contributed by atoms with Crippen molar-refractivity contribution in [3.8, 4) is 5.75 Å². The normalized spacial score (nSPS) is 19.0. The Hall–Kier alpha value is -2.28. The Morgan fingerprint density at radius 2 is 1.80 bits per heavy atom. The standard InChI is InChI=1S/C18H19F3N2O2/c1-17(2)10-15(24)22-23(17)16(18(19,20)21)13-5-4-12-9-14(25-3)7-6-11(12)8-13/h4-9,16H,10H2,1-3H3,(H,22,24)/t16-/m0/s1. The van der Waals surface area contributed by atoms with Gasteiger partial charge in [0.1, 0.15) is 5.75 Å². The third-order valence-electron chi connectivity index (χ3n) is 4.45. The number of nitrogens with one attached hydrogen (secondary N) is 1. The maximum atomic E-state index is 13.8. The van der Waals surface area contributed by atoms with Gasteiger partial charge >= 0.3 is 6.18 Å². The van der Waals surface area contributed by atoms with Crippen LogP contribution in [0.5, 0.6) is 5.75 Å². The molecule has 2 aromatic rings. The monoisotopic (exact) mass is 352 g/mol. The Bertz CT molecular complexity index is 818. The molecule has 1 fully saturated rings. The van der Waals surface area contributed by atoms with Gasteiger partial charge in [0.05, 0.1) is 7.11 Å². The van der Waals surface area contributed by atoms with Gasteiger partial charge in [-0.15, -0.1) is 0 Å². The zero-order chi connectivity index (χ0) is 18.4. The number of carbonyl (C=O) groups is 1. The number of alkyl halides is 3. The number of fused-ring (bicyclic) bond motifs is 1. The van der Waals surface area contributed by atoms with E-state index in [9.17, 15) is 18.0 Å². The van der Waals surface area contributed by atoms with Crippen LogP contribution in [0.3, 0.4) is 0 Å². The van der Waals surface area contributed by atoms with Crippen molar-refractivity contribution >= 4 is 16.7 Å². The number of rotatable bonds is 3. The molecule has 1 N–H and O–H groups in total. The molecular weight excluding hydrogens is 333 g/mol. The molecule has 1 saturated heterocycles. The smallest absolute Gasteiger partial charge is 0.409 e. The van der Waals surface area contributed by atoms with Crippen molar-refractivity contribution in [2.45, 2.75) is 38.0 Å². The van der Waals surface area contributed by atoms with Crippen molar-refractivity contribution in [3.63, 3.8) is 0 Å². The second kappa shape index (κ2) is 5.91. The number of amides is 1. The van der Waals surface area contributed by atoms with Crippen LogP contribution in [0.25, 0.3) is 10.8 Å². The van der Waals surface area contributed by atoms with Crippen LogP contribution in [-0.4, -0.2) is 29.7 Å². The van der Waals surface area contributed by atoms with Gasteiger partial charge in [-0.1, -0.05) is 18.2 Å². The summed E-state index contributed by atoms with van der Waals surface area (Å²) in [6.07, 6.45) is -4.51. The van der Waals surface area contributed by atoms with Gasteiger partial charge in [-0.2, -0.15) is 18.2 Å².